The molecule has 1 unspecified atom stereocenters. The summed E-state index contributed by atoms with van der Waals surface area (Å²) in [5.74, 6) is 0.683. The summed E-state index contributed by atoms with van der Waals surface area (Å²) in [5, 5.41) is 3.15. The fourth-order valence-electron chi connectivity index (χ4n) is 1.70. The monoisotopic (exact) mass is 337 g/mol. The smallest absolute Gasteiger partial charge is 0.145 e. The van der Waals surface area contributed by atoms with Gasteiger partial charge in [-0.05, 0) is 46.8 Å². The predicted molar refractivity (Wildman–Crippen MR) is 78.1 cm³/mol. The molecule has 0 amide bonds. The Morgan fingerprint density at radius 3 is 2.67 bits per heavy atom. The molecule has 18 heavy (non-hydrogen) atoms. The van der Waals surface area contributed by atoms with Crippen molar-refractivity contribution in [2.24, 2.45) is 0 Å². The van der Waals surface area contributed by atoms with Gasteiger partial charge in [0.1, 0.15) is 11.6 Å². The maximum absolute atomic E-state index is 14.0. The molecule has 0 fully saturated rings. The Labute approximate surface area is 120 Å². The van der Waals surface area contributed by atoms with Gasteiger partial charge in [0.05, 0.1) is 4.47 Å². The first-order valence-electron chi connectivity index (χ1n) is 6.06. The number of hydrogen-bond acceptors (Lipinski definition) is 2. The van der Waals surface area contributed by atoms with E-state index in [9.17, 15) is 8.78 Å². The lowest BCUT2D eigenvalue weighted by Gasteiger charge is -2.19. The van der Waals surface area contributed by atoms with E-state index >= 15 is 0 Å². The molecule has 0 bridgehead atoms. The molecular formula is C13H18BrF2NS. The topological polar surface area (TPSA) is 12.0 Å². The molecule has 0 aliphatic rings. The minimum Gasteiger partial charge on any atom is -0.309 e. The minimum absolute atomic E-state index is 0.134. The predicted octanol–water partition coefficient (Wildman–Crippen LogP) is 4.52. The van der Waals surface area contributed by atoms with E-state index in [1.54, 1.807) is 11.8 Å². The second-order valence-electron chi connectivity index (χ2n) is 3.94. The number of nitrogens with one attached hydrogen (secondary N) is 1. The van der Waals surface area contributed by atoms with Gasteiger partial charge in [0.25, 0.3) is 0 Å². The number of thioether (sulfide) groups is 1. The van der Waals surface area contributed by atoms with Crippen LogP contribution in [-0.4, -0.2) is 18.1 Å². The quantitative estimate of drug-likeness (QED) is 0.579. The van der Waals surface area contributed by atoms with Crippen LogP contribution in [0.5, 0.6) is 0 Å². The zero-order valence-electron chi connectivity index (χ0n) is 10.6. The molecule has 1 rings (SSSR count). The normalized spacial score (nSPS) is 12.7. The van der Waals surface area contributed by atoms with Gasteiger partial charge in [0, 0.05) is 17.4 Å². The third kappa shape index (κ3) is 4.21. The van der Waals surface area contributed by atoms with Gasteiger partial charge in [-0.2, -0.15) is 11.8 Å². The van der Waals surface area contributed by atoms with Gasteiger partial charge >= 0.3 is 0 Å². The Morgan fingerprint density at radius 1 is 1.33 bits per heavy atom. The highest BCUT2D eigenvalue weighted by Crippen LogP contribution is 2.28. The highest BCUT2D eigenvalue weighted by atomic mass is 79.9. The van der Waals surface area contributed by atoms with Crippen molar-refractivity contribution in [3.63, 3.8) is 0 Å². The van der Waals surface area contributed by atoms with Crippen molar-refractivity contribution in [2.75, 3.05) is 18.1 Å². The van der Waals surface area contributed by atoms with Crippen molar-refractivity contribution in [1.29, 1.82) is 0 Å². The van der Waals surface area contributed by atoms with E-state index in [1.807, 2.05) is 6.92 Å². The average Bonchev–Trinajstić information content (AvgIpc) is 2.35. The molecule has 0 aromatic heterocycles. The van der Waals surface area contributed by atoms with Gasteiger partial charge in [-0.3, -0.25) is 0 Å². The fraction of sp³-hybridized carbons (Fsp3) is 0.538. The highest BCUT2D eigenvalue weighted by Gasteiger charge is 2.21. The summed E-state index contributed by atoms with van der Waals surface area (Å²) < 4.78 is 28.1. The minimum atomic E-state index is -0.502. The Bertz CT molecular complexity index is 387. The molecule has 0 saturated heterocycles. The summed E-state index contributed by atoms with van der Waals surface area (Å²) in [7, 11) is 0. The molecule has 0 radical (unpaired) electrons. The van der Waals surface area contributed by atoms with Gasteiger partial charge in [0.15, 0.2) is 0 Å². The summed E-state index contributed by atoms with van der Waals surface area (Å²) in [6.07, 6.45) is 1.06. The molecule has 5 heteroatoms. The van der Waals surface area contributed by atoms with E-state index in [2.05, 4.69) is 28.2 Å². The third-order valence-corrected chi connectivity index (χ3v) is 4.39. The zero-order valence-corrected chi connectivity index (χ0v) is 13.0. The molecule has 0 aliphatic carbocycles. The molecule has 102 valence electrons. The molecule has 1 N–H and O–H groups in total. The van der Waals surface area contributed by atoms with Crippen molar-refractivity contribution in [3.05, 3.63) is 33.8 Å². The summed E-state index contributed by atoms with van der Waals surface area (Å²) >= 11 is 4.81. The maximum atomic E-state index is 14.0. The Balaban J connectivity index is 2.93. The van der Waals surface area contributed by atoms with Gasteiger partial charge in [-0.1, -0.05) is 13.8 Å². The Kier molecular flexibility index (Phi) is 7.19. The molecule has 1 nitrogen and oxygen atoms in total. The summed E-state index contributed by atoms with van der Waals surface area (Å²) in [5.41, 5.74) is 0.134. The highest BCUT2D eigenvalue weighted by molar-refractivity contribution is 9.10. The molecule has 0 heterocycles. The first-order valence-corrected chi connectivity index (χ1v) is 8.01. The van der Waals surface area contributed by atoms with Gasteiger partial charge in [0.2, 0.25) is 0 Å². The van der Waals surface area contributed by atoms with Crippen LogP contribution in [-0.2, 0) is 0 Å². The van der Waals surface area contributed by atoms with Crippen LogP contribution in [0.2, 0.25) is 0 Å². The first-order chi connectivity index (χ1) is 8.61. The zero-order chi connectivity index (χ0) is 13.5. The van der Waals surface area contributed by atoms with Crippen molar-refractivity contribution in [1.82, 2.24) is 5.32 Å². The van der Waals surface area contributed by atoms with E-state index in [-0.39, 0.29) is 11.6 Å². The van der Waals surface area contributed by atoms with E-state index < -0.39 is 11.6 Å². The molecule has 0 spiro atoms. The molecule has 1 atom stereocenters. The van der Waals surface area contributed by atoms with Crippen molar-refractivity contribution in [2.45, 2.75) is 26.3 Å². The number of hydrogen-bond donors (Lipinski definition) is 1. The molecule has 0 saturated carbocycles. The second-order valence-corrected chi connectivity index (χ2v) is 5.95. The van der Waals surface area contributed by atoms with E-state index in [0.29, 0.717) is 16.8 Å². The lowest BCUT2D eigenvalue weighted by Crippen LogP contribution is -2.25. The SMILES string of the molecule is CCCSCC(NCC)c1c(F)ccc(Br)c1F. The third-order valence-electron chi connectivity index (χ3n) is 2.51. The van der Waals surface area contributed by atoms with Crippen LogP contribution in [0.3, 0.4) is 0 Å². The maximum Gasteiger partial charge on any atom is 0.145 e. The van der Waals surface area contributed by atoms with Crippen molar-refractivity contribution >= 4 is 27.7 Å². The lowest BCUT2D eigenvalue weighted by molar-refractivity contribution is 0.497. The van der Waals surface area contributed by atoms with Crippen LogP contribution in [0.15, 0.2) is 16.6 Å². The molecule has 1 aromatic rings. The standard InChI is InChI=1S/C13H18BrF2NS/c1-3-7-18-8-11(17-4-2)12-10(15)6-5-9(14)13(12)16/h5-6,11,17H,3-4,7-8H2,1-2H3. The van der Waals surface area contributed by atoms with Crippen molar-refractivity contribution < 1.29 is 8.78 Å². The van der Waals surface area contributed by atoms with Gasteiger partial charge in [-0.15, -0.1) is 0 Å². The van der Waals surface area contributed by atoms with Crippen molar-refractivity contribution in [3.8, 4) is 0 Å². The van der Waals surface area contributed by atoms with Crippen LogP contribution in [0.25, 0.3) is 0 Å². The summed E-state index contributed by atoms with van der Waals surface area (Å²) in [6, 6.07) is 2.41. The molecular weight excluding hydrogens is 320 g/mol. The largest absolute Gasteiger partial charge is 0.309 e. The van der Waals surface area contributed by atoms with E-state index in [4.69, 9.17) is 0 Å². The molecule has 1 aromatic carbocycles. The lowest BCUT2D eigenvalue weighted by atomic mass is 10.1. The molecule has 0 aliphatic heterocycles. The van der Waals surface area contributed by atoms with Crippen LogP contribution in [0, 0.1) is 11.6 Å². The van der Waals surface area contributed by atoms with Gasteiger partial charge < -0.3 is 5.32 Å². The van der Waals surface area contributed by atoms with Crippen LogP contribution >= 0.6 is 27.7 Å². The summed E-state index contributed by atoms with van der Waals surface area (Å²) in [6.45, 7) is 4.71. The Hall–Kier alpha value is -0.130. The number of halogens is 3. The Morgan fingerprint density at radius 2 is 2.06 bits per heavy atom. The number of benzene rings is 1. The number of rotatable bonds is 7. The summed E-state index contributed by atoms with van der Waals surface area (Å²) in [4.78, 5) is 0. The van der Waals surface area contributed by atoms with Crippen LogP contribution in [0.4, 0.5) is 8.78 Å². The van der Waals surface area contributed by atoms with Crippen LogP contribution in [0.1, 0.15) is 31.9 Å². The van der Waals surface area contributed by atoms with Crippen LogP contribution < -0.4 is 5.32 Å². The average molecular weight is 338 g/mol. The van der Waals surface area contributed by atoms with E-state index in [1.165, 1.54) is 12.1 Å². The van der Waals surface area contributed by atoms with Gasteiger partial charge in [-0.25, -0.2) is 8.78 Å². The first kappa shape index (κ1) is 15.9. The fourth-order valence-corrected chi connectivity index (χ4v) is 3.02. The second kappa shape index (κ2) is 8.12. The van der Waals surface area contributed by atoms with E-state index in [0.717, 1.165) is 12.2 Å².